The fourth-order valence-electron chi connectivity index (χ4n) is 4.16. The third-order valence-corrected chi connectivity index (χ3v) is 5.78. The number of hydrogen-bond donors (Lipinski definition) is 2. The van der Waals surface area contributed by atoms with Crippen LogP contribution in [-0.4, -0.2) is 48.0 Å². The van der Waals surface area contributed by atoms with Crippen LogP contribution >= 0.6 is 0 Å². The predicted molar refractivity (Wildman–Crippen MR) is 127 cm³/mol. The first-order valence-corrected chi connectivity index (χ1v) is 11.3. The standard InChI is InChI=1S/C26H29FN4O2/c1-18-17-31(12-10-29-18)11-4-6-19-5-2-7-20(13-19)21-8-3-9-23(14-21)33-26-24(25(28)32)15-22(27)16-30-26/h2-3,5,7-9,13-16,18,29H,4,6,10-12,17H2,1H3,(H2,28,32)/t18-/m0/s1. The number of benzene rings is 2. The molecule has 1 fully saturated rings. The maximum absolute atomic E-state index is 13.4. The average molecular weight is 449 g/mol. The Morgan fingerprint density at radius 3 is 2.79 bits per heavy atom. The normalized spacial score (nSPS) is 16.5. The van der Waals surface area contributed by atoms with E-state index in [1.807, 2.05) is 18.2 Å². The summed E-state index contributed by atoms with van der Waals surface area (Å²) in [6.45, 7) is 6.61. The summed E-state index contributed by atoms with van der Waals surface area (Å²) < 4.78 is 19.2. The molecule has 1 aromatic heterocycles. The summed E-state index contributed by atoms with van der Waals surface area (Å²) in [5.41, 5.74) is 8.59. The molecule has 0 aliphatic carbocycles. The van der Waals surface area contributed by atoms with Gasteiger partial charge in [-0.05, 0) is 61.2 Å². The van der Waals surface area contributed by atoms with Gasteiger partial charge in [0.15, 0.2) is 0 Å². The molecule has 0 saturated carbocycles. The minimum atomic E-state index is -0.795. The third kappa shape index (κ3) is 6.15. The number of pyridine rings is 1. The number of piperazine rings is 1. The second-order valence-corrected chi connectivity index (χ2v) is 8.46. The van der Waals surface area contributed by atoms with E-state index in [9.17, 15) is 9.18 Å². The molecule has 6 nitrogen and oxygen atoms in total. The summed E-state index contributed by atoms with van der Waals surface area (Å²) in [6.07, 6.45) is 3.13. The number of carbonyl (C=O) groups excluding carboxylic acids is 1. The van der Waals surface area contributed by atoms with Crippen molar-refractivity contribution in [1.82, 2.24) is 15.2 Å². The van der Waals surface area contributed by atoms with Gasteiger partial charge >= 0.3 is 0 Å². The van der Waals surface area contributed by atoms with Crippen molar-refractivity contribution in [2.45, 2.75) is 25.8 Å². The molecule has 0 radical (unpaired) electrons. The van der Waals surface area contributed by atoms with E-state index in [1.54, 1.807) is 6.07 Å². The quantitative estimate of drug-likeness (QED) is 0.544. The Morgan fingerprint density at radius 1 is 1.21 bits per heavy atom. The number of carbonyl (C=O) groups is 1. The summed E-state index contributed by atoms with van der Waals surface area (Å²) in [7, 11) is 0. The van der Waals surface area contributed by atoms with E-state index in [0.29, 0.717) is 11.8 Å². The van der Waals surface area contributed by atoms with Gasteiger partial charge in [-0.1, -0.05) is 36.4 Å². The van der Waals surface area contributed by atoms with Crippen molar-refractivity contribution < 1.29 is 13.9 Å². The summed E-state index contributed by atoms with van der Waals surface area (Å²) in [5, 5.41) is 3.48. The lowest BCUT2D eigenvalue weighted by molar-refractivity contribution is 0.0997. The fourth-order valence-corrected chi connectivity index (χ4v) is 4.16. The molecule has 2 heterocycles. The molecule has 3 aromatic rings. The molecule has 1 atom stereocenters. The monoisotopic (exact) mass is 448 g/mol. The van der Waals surface area contributed by atoms with E-state index < -0.39 is 11.7 Å². The number of aryl methyl sites for hydroxylation is 1. The molecule has 7 heteroatoms. The third-order valence-electron chi connectivity index (χ3n) is 5.78. The van der Waals surface area contributed by atoms with Crippen molar-refractivity contribution in [2.75, 3.05) is 26.2 Å². The first kappa shape index (κ1) is 22.9. The molecule has 172 valence electrons. The number of amides is 1. The van der Waals surface area contributed by atoms with Gasteiger partial charge in [-0.2, -0.15) is 0 Å². The van der Waals surface area contributed by atoms with Crippen LogP contribution in [0.15, 0.2) is 60.8 Å². The summed E-state index contributed by atoms with van der Waals surface area (Å²) in [6, 6.07) is 17.6. The van der Waals surface area contributed by atoms with Crippen LogP contribution in [0.3, 0.4) is 0 Å². The van der Waals surface area contributed by atoms with Gasteiger partial charge in [-0.3, -0.25) is 4.79 Å². The smallest absolute Gasteiger partial charge is 0.254 e. The first-order chi connectivity index (χ1) is 16.0. The molecule has 0 unspecified atom stereocenters. The number of nitrogens with zero attached hydrogens (tertiary/aromatic N) is 2. The van der Waals surface area contributed by atoms with Crippen molar-refractivity contribution in [3.05, 3.63) is 77.7 Å². The zero-order chi connectivity index (χ0) is 23.2. The minimum Gasteiger partial charge on any atom is -0.438 e. The number of nitrogens with two attached hydrogens (primary N) is 1. The lowest BCUT2D eigenvalue weighted by atomic mass is 10.0. The van der Waals surface area contributed by atoms with Gasteiger partial charge in [0, 0.05) is 25.7 Å². The van der Waals surface area contributed by atoms with Crippen LogP contribution in [0, 0.1) is 5.82 Å². The number of halogens is 1. The minimum absolute atomic E-state index is 0.0166. The highest BCUT2D eigenvalue weighted by atomic mass is 19.1. The lowest BCUT2D eigenvalue weighted by Gasteiger charge is -2.31. The molecule has 33 heavy (non-hydrogen) atoms. The number of aromatic nitrogens is 1. The zero-order valence-corrected chi connectivity index (χ0v) is 18.8. The van der Waals surface area contributed by atoms with Crippen LogP contribution in [-0.2, 0) is 6.42 Å². The van der Waals surface area contributed by atoms with E-state index in [1.165, 1.54) is 5.56 Å². The highest BCUT2D eigenvalue weighted by Gasteiger charge is 2.15. The maximum atomic E-state index is 13.4. The molecule has 4 rings (SSSR count). The van der Waals surface area contributed by atoms with Crippen molar-refractivity contribution in [3.63, 3.8) is 0 Å². The van der Waals surface area contributed by atoms with E-state index in [-0.39, 0.29) is 11.4 Å². The van der Waals surface area contributed by atoms with Crippen LogP contribution in [0.5, 0.6) is 11.6 Å². The number of rotatable bonds is 8. The summed E-state index contributed by atoms with van der Waals surface area (Å²) in [4.78, 5) is 18.0. The van der Waals surface area contributed by atoms with Crippen LogP contribution in [0.1, 0.15) is 29.3 Å². The van der Waals surface area contributed by atoms with E-state index >= 15 is 0 Å². The Bertz CT molecular complexity index is 1120. The van der Waals surface area contributed by atoms with Crippen LogP contribution in [0.2, 0.25) is 0 Å². The Morgan fingerprint density at radius 2 is 2.00 bits per heavy atom. The van der Waals surface area contributed by atoms with E-state index in [0.717, 1.165) is 62.4 Å². The number of primary amides is 1. The van der Waals surface area contributed by atoms with Crippen molar-refractivity contribution >= 4 is 5.91 Å². The van der Waals surface area contributed by atoms with E-state index in [2.05, 4.69) is 46.4 Å². The van der Waals surface area contributed by atoms with Crippen LogP contribution in [0.4, 0.5) is 4.39 Å². The van der Waals surface area contributed by atoms with Gasteiger partial charge in [0.25, 0.3) is 5.91 Å². The van der Waals surface area contributed by atoms with Gasteiger partial charge in [-0.25, -0.2) is 9.37 Å². The van der Waals surface area contributed by atoms with Crippen LogP contribution < -0.4 is 15.8 Å². The highest BCUT2D eigenvalue weighted by Crippen LogP contribution is 2.29. The molecule has 1 amide bonds. The molecular formula is C26H29FN4O2. The van der Waals surface area contributed by atoms with Crippen LogP contribution in [0.25, 0.3) is 11.1 Å². The Labute approximate surface area is 193 Å². The Balaban J connectivity index is 1.44. The SMILES string of the molecule is C[C@H]1CN(CCCc2cccc(-c3cccc(Oc4ncc(F)cc4C(N)=O)c3)c2)CCN1. The first-order valence-electron chi connectivity index (χ1n) is 11.3. The largest absolute Gasteiger partial charge is 0.438 e. The Hall–Kier alpha value is -3.29. The van der Waals surface area contributed by atoms with Gasteiger partial charge < -0.3 is 20.7 Å². The molecule has 3 N–H and O–H groups in total. The van der Waals surface area contributed by atoms with E-state index in [4.69, 9.17) is 10.5 Å². The van der Waals surface area contributed by atoms with Crippen molar-refractivity contribution in [2.24, 2.45) is 5.73 Å². The van der Waals surface area contributed by atoms with Crippen molar-refractivity contribution in [3.8, 4) is 22.8 Å². The van der Waals surface area contributed by atoms with Gasteiger partial charge in [0.1, 0.15) is 17.1 Å². The van der Waals surface area contributed by atoms with Gasteiger partial charge in [-0.15, -0.1) is 0 Å². The Kier molecular flexibility index (Phi) is 7.32. The lowest BCUT2D eigenvalue weighted by Crippen LogP contribution is -2.49. The maximum Gasteiger partial charge on any atom is 0.254 e. The molecule has 0 bridgehead atoms. The molecule has 1 aliphatic rings. The van der Waals surface area contributed by atoms with Crippen molar-refractivity contribution in [1.29, 1.82) is 0 Å². The summed E-state index contributed by atoms with van der Waals surface area (Å²) in [5.74, 6) is -0.964. The number of ether oxygens (including phenoxy) is 1. The fraction of sp³-hybridized carbons (Fsp3) is 0.308. The zero-order valence-electron chi connectivity index (χ0n) is 18.8. The highest BCUT2D eigenvalue weighted by molar-refractivity contribution is 5.95. The van der Waals surface area contributed by atoms with Gasteiger partial charge in [0.05, 0.1) is 6.20 Å². The second kappa shape index (κ2) is 10.6. The molecule has 0 spiro atoms. The summed E-state index contributed by atoms with van der Waals surface area (Å²) >= 11 is 0. The predicted octanol–water partition coefficient (Wildman–Crippen LogP) is 4.01. The average Bonchev–Trinajstić information content (AvgIpc) is 2.81. The van der Waals surface area contributed by atoms with Gasteiger partial charge in [0.2, 0.25) is 5.88 Å². The second-order valence-electron chi connectivity index (χ2n) is 8.46. The number of nitrogens with one attached hydrogen (secondary N) is 1. The molecule has 2 aromatic carbocycles. The molecular weight excluding hydrogens is 419 g/mol. The molecule has 1 saturated heterocycles. The number of hydrogen-bond acceptors (Lipinski definition) is 5. The molecule has 1 aliphatic heterocycles. The topological polar surface area (TPSA) is 80.5 Å².